The van der Waals surface area contributed by atoms with Crippen molar-refractivity contribution in [2.45, 2.75) is 75.5 Å². The minimum atomic E-state index is -1.27. The number of carboxylic acid groups (broad SMARTS) is 2. The standard InChI is InChI=1S/C28H43N9O7/c29-12-4-3-8-20(25(41)36-21(27(43)44)9-5-13-33-28(31)32)35-26(42)22(37-24(40)18(30)10-11-23(38)39)14-16-15-34-19-7-2-1-6-17(16)19/h1-2,6-7,15,18,20-22,34H,3-5,8-14,29-30H2,(H,35,42)(H,36,41)(H,37,40)(H,38,39)(H,43,44)(H4,31,32,33). The second-order valence-electron chi connectivity index (χ2n) is 10.4. The first-order chi connectivity index (χ1) is 20.9. The van der Waals surface area contributed by atoms with Crippen LogP contribution in [0.4, 0.5) is 0 Å². The van der Waals surface area contributed by atoms with Crippen molar-refractivity contribution in [1.29, 1.82) is 0 Å². The monoisotopic (exact) mass is 617 g/mol. The molecule has 0 aliphatic rings. The first-order valence-electron chi connectivity index (χ1n) is 14.3. The Morgan fingerprint density at radius 3 is 2.14 bits per heavy atom. The lowest BCUT2D eigenvalue weighted by Gasteiger charge is -2.25. The number of aliphatic carboxylic acids is 2. The summed E-state index contributed by atoms with van der Waals surface area (Å²) in [6.45, 7) is 0.515. The number of aromatic nitrogens is 1. The molecule has 1 heterocycles. The first kappa shape index (κ1) is 35.5. The molecule has 4 unspecified atom stereocenters. The molecule has 0 saturated carbocycles. The molecular formula is C28H43N9O7. The van der Waals surface area contributed by atoms with E-state index in [1.165, 1.54) is 0 Å². The summed E-state index contributed by atoms with van der Waals surface area (Å²) >= 11 is 0. The highest BCUT2D eigenvalue weighted by atomic mass is 16.4. The number of para-hydroxylation sites is 1. The molecule has 0 radical (unpaired) electrons. The van der Waals surface area contributed by atoms with Crippen LogP contribution in [0.25, 0.3) is 10.9 Å². The zero-order chi connectivity index (χ0) is 32.6. The number of nitrogens with zero attached hydrogens (tertiary/aromatic N) is 1. The van der Waals surface area contributed by atoms with Gasteiger partial charge in [-0.2, -0.15) is 0 Å². The zero-order valence-corrected chi connectivity index (χ0v) is 24.5. The summed E-state index contributed by atoms with van der Waals surface area (Å²) in [4.78, 5) is 69.5. The Kier molecular flexibility index (Phi) is 14.6. The van der Waals surface area contributed by atoms with Crippen LogP contribution in [0.3, 0.4) is 0 Å². The van der Waals surface area contributed by atoms with Gasteiger partial charge in [-0.05, 0) is 56.7 Å². The van der Waals surface area contributed by atoms with Gasteiger partial charge in [-0.3, -0.25) is 24.2 Å². The molecule has 0 spiro atoms. The summed E-state index contributed by atoms with van der Waals surface area (Å²) in [5.74, 6) is -4.69. The number of carbonyl (C=O) groups excluding carboxylic acids is 3. The summed E-state index contributed by atoms with van der Waals surface area (Å²) in [5.41, 5.74) is 23.6. The molecule has 0 bridgehead atoms. The summed E-state index contributed by atoms with van der Waals surface area (Å²) in [7, 11) is 0. The Balaban J connectivity index is 2.26. The fourth-order valence-corrected chi connectivity index (χ4v) is 4.49. The third-order valence-corrected chi connectivity index (χ3v) is 6.88. The minimum Gasteiger partial charge on any atom is -0.481 e. The number of nitrogens with one attached hydrogen (secondary N) is 4. The summed E-state index contributed by atoms with van der Waals surface area (Å²) in [5, 5.41) is 27.1. The molecule has 1 aromatic carbocycles. The number of rotatable bonds is 20. The molecule has 0 fully saturated rings. The van der Waals surface area contributed by atoms with Gasteiger partial charge in [-0.1, -0.05) is 18.2 Å². The second-order valence-corrected chi connectivity index (χ2v) is 10.4. The number of aromatic amines is 1. The molecule has 1 aromatic heterocycles. The van der Waals surface area contributed by atoms with Crippen LogP contribution in [0.15, 0.2) is 35.5 Å². The number of carboxylic acids is 2. The van der Waals surface area contributed by atoms with Gasteiger partial charge in [0, 0.05) is 36.5 Å². The molecule has 3 amide bonds. The number of fused-ring (bicyclic) bond motifs is 1. The summed E-state index contributed by atoms with van der Waals surface area (Å²) in [6, 6.07) is 2.56. The highest BCUT2D eigenvalue weighted by molar-refractivity contribution is 5.95. The molecule has 2 rings (SSSR count). The third-order valence-electron chi connectivity index (χ3n) is 6.88. The average Bonchev–Trinajstić information content (AvgIpc) is 3.38. The third kappa shape index (κ3) is 11.9. The number of unbranched alkanes of at least 4 members (excludes halogenated alkanes) is 1. The van der Waals surface area contributed by atoms with E-state index in [1.807, 2.05) is 24.3 Å². The fourth-order valence-electron chi connectivity index (χ4n) is 4.49. The van der Waals surface area contributed by atoms with Crippen molar-refractivity contribution in [3.05, 3.63) is 36.0 Å². The molecule has 2 aromatic rings. The maximum absolute atomic E-state index is 13.6. The van der Waals surface area contributed by atoms with Gasteiger partial charge in [-0.25, -0.2) is 4.79 Å². The number of H-pyrrole nitrogens is 1. The van der Waals surface area contributed by atoms with E-state index < -0.39 is 53.8 Å². The molecule has 0 aliphatic heterocycles. The zero-order valence-electron chi connectivity index (χ0n) is 24.5. The van der Waals surface area contributed by atoms with Crippen LogP contribution < -0.4 is 38.9 Å². The van der Waals surface area contributed by atoms with Gasteiger partial charge in [0.15, 0.2) is 5.96 Å². The SMILES string of the molecule is NCCCCC(NC(=O)C(Cc1c[nH]c2ccccc12)NC(=O)C(N)CCC(=O)O)C(=O)NC(CCCN=C(N)N)C(=O)O. The van der Waals surface area contributed by atoms with Crippen molar-refractivity contribution in [2.24, 2.45) is 27.9 Å². The van der Waals surface area contributed by atoms with E-state index in [4.69, 9.17) is 28.0 Å². The van der Waals surface area contributed by atoms with Crippen LogP contribution in [0.1, 0.15) is 50.5 Å². The number of benzene rings is 1. The van der Waals surface area contributed by atoms with Gasteiger partial charge < -0.3 is 54.1 Å². The van der Waals surface area contributed by atoms with E-state index >= 15 is 0 Å². The summed E-state index contributed by atoms with van der Waals surface area (Å²) in [6.07, 6.45) is 2.71. The molecule has 0 aliphatic carbocycles. The Labute approximate surface area is 254 Å². The minimum absolute atomic E-state index is 0.0208. The van der Waals surface area contributed by atoms with Crippen LogP contribution in [-0.2, 0) is 30.4 Å². The lowest BCUT2D eigenvalue weighted by atomic mass is 10.0. The predicted octanol–water partition coefficient (Wildman–Crippen LogP) is -1.38. The lowest BCUT2D eigenvalue weighted by molar-refractivity contribution is -0.142. The van der Waals surface area contributed by atoms with Crippen LogP contribution in [0.2, 0.25) is 0 Å². The smallest absolute Gasteiger partial charge is 0.326 e. The topological polar surface area (TPSA) is 294 Å². The number of nitrogens with two attached hydrogens (primary N) is 4. The number of aliphatic imine (C=N–C) groups is 1. The largest absolute Gasteiger partial charge is 0.481 e. The summed E-state index contributed by atoms with van der Waals surface area (Å²) < 4.78 is 0. The number of hydrogen-bond acceptors (Lipinski definition) is 8. The van der Waals surface area contributed by atoms with Gasteiger partial charge in [-0.15, -0.1) is 0 Å². The molecule has 16 nitrogen and oxygen atoms in total. The van der Waals surface area contributed by atoms with Crippen molar-refractivity contribution in [3.8, 4) is 0 Å². The van der Waals surface area contributed by atoms with Crippen LogP contribution >= 0.6 is 0 Å². The number of amides is 3. The Morgan fingerprint density at radius 2 is 1.48 bits per heavy atom. The molecule has 16 heteroatoms. The van der Waals surface area contributed by atoms with E-state index in [2.05, 4.69) is 25.9 Å². The molecule has 0 saturated heterocycles. The Morgan fingerprint density at radius 1 is 0.841 bits per heavy atom. The van der Waals surface area contributed by atoms with Gasteiger partial charge in [0.05, 0.1) is 6.04 Å². The van der Waals surface area contributed by atoms with E-state index in [1.54, 1.807) is 6.20 Å². The Hall–Kier alpha value is -4.70. The van der Waals surface area contributed by atoms with E-state index in [-0.39, 0.29) is 51.0 Å². The van der Waals surface area contributed by atoms with Crippen LogP contribution in [-0.4, -0.2) is 88.1 Å². The van der Waals surface area contributed by atoms with Crippen molar-refractivity contribution < 1.29 is 34.2 Å². The van der Waals surface area contributed by atoms with Crippen molar-refractivity contribution in [2.75, 3.05) is 13.1 Å². The van der Waals surface area contributed by atoms with E-state index in [0.29, 0.717) is 24.9 Å². The van der Waals surface area contributed by atoms with Crippen LogP contribution in [0, 0.1) is 0 Å². The maximum Gasteiger partial charge on any atom is 0.326 e. The quantitative estimate of drug-likeness (QED) is 0.0469. The lowest BCUT2D eigenvalue weighted by Crippen LogP contribution is -2.57. The van der Waals surface area contributed by atoms with Gasteiger partial charge in [0.2, 0.25) is 17.7 Å². The Bertz CT molecular complexity index is 1310. The number of hydrogen-bond donors (Lipinski definition) is 10. The normalized spacial score (nSPS) is 13.7. The maximum atomic E-state index is 13.6. The molecular weight excluding hydrogens is 574 g/mol. The molecule has 14 N–H and O–H groups in total. The molecule has 242 valence electrons. The van der Waals surface area contributed by atoms with Gasteiger partial charge in [0.1, 0.15) is 18.1 Å². The van der Waals surface area contributed by atoms with E-state index in [9.17, 15) is 29.1 Å². The highest BCUT2D eigenvalue weighted by Crippen LogP contribution is 2.19. The van der Waals surface area contributed by atoms with Crippen molar-refractivity contribution in [1.82, 2.24) is 20.9 Å². The average molecular weight is 618 g/mol. The van der Waals surface area contributed by atoms with Gasteiger partial charge in [0.25, 0.3) is 0 Å². The number of carbonyl (C=O) groups is 5. The van der Waals surface area contributed by atoms with Gasteiger partial charge >= 0.3 is 11.9 Å². The molecule has 44 heavy (non-hydrogen) atoms. The molecule has 4 atom stereocenters. The fraction of sp³-hybridized carbons (Fsp3) is 0.500. The van der Waals surface area contributed by atoms with E-state index in [0.717, 1.165) is 10.9 Å². The second kappa shape index (κ2) is 18.1. The van der Waals surface area contributed by atoms with Crippen LogP contribution in [0.5, 0.6) is 0 Å². The first-order valence-corrected chi connectivity index (χ1v) is 14.3. The predicted molar refractivity (Wildman–Crippen MR) is 163 cm³/mol. The highest BCUT2D eigenvalue weighted by Gasteiger charge is 2.31. The number of guanidine groups is 1. The van der Waals surface area contributed by atoms with Crippen molar-refractivity contribution in [3.63, 3.8) is 0 Å². The van der Waals surface area contributed by atoms with Crippen molar-refractivity contribution >= 4 is 46.5 Å².